The van der Waals surface area contributed by atoms with Crippen LogP contribution in [0.25, 0.3) is 11.0 Å². The third-order valence-electron chi connectivity index (χ3n) is 5.66. The monoisotopic (exact) mass is 381 g/mol. The maximum atomic E-state index is 14.6. The van der Waals surface area contributed by atoms with Crippen molar-refractivity contribution in [1.82, 2.24) is 4.90 Å². The second-order valence-corrected chi connectivity index (χ2v) is 7.47. The van der Waals surface area contributed by atoms with E-state index in [2.05, 4.69) is 0 Å². The molecule has 3 aromatic rings. The lowest BCUT2D eigenvalue weighted by Gasteiger charge is -2.30. The first-order valence-corrected chi connectivity index (χ1v) is 9.62. The van der Waals surface area contributed by atoms with Gasteiger partial charge in [-0.05, 0) is 54.7 Å². The van der Waals surface area contributed by atoms with E-state index in [0.29, 0.717) is 18.5 Å². The summed E-state index contributed by atoms with van der Waals surface area (Å²) < 4.78 is 25.4. The first kappa shape index (κ1) is 18.5. The highest BCUT2D eigenvalue weighted by Gasteiger charge is 2.28. The van der Waals surface area contributed by atoms with Gasteiger partial charge in [-0.3, -0.25) is 4.79 Å². The molecule has 0 fully saturated rings. The van der Waals surface area contributed by atoms with Gasteiger partial charge in [-0.1, -0.05) is 12.1 Å². The largest absolute Gasteiger partial charge is 0.496 e. The minimum atomic E-state index is -0.204. The van der Waals surface area contributed by atoms with Crippen LogP contribution in [0.2, 0.25) is 0 Å². The summed E-state index contributed by atoms with van der Waals surface area (Å²) in [4.78, 5) is 14.5. The Kier molecular flexibility index (Phi) is 5.07. The SMILES string of the molecule is COc1ccc(F)c2c1CCC[C@H]2CN(C)C(=O)Cc1ccc2ccoc2c1. The normalized spacial score (nSPS) is 16.0. The second-order valence-electron chi connectivity index (χ2n) is 7.47. The minimum Gasteiger partial charge on any atom is -0.496 e. The third-order valence-corrected chi connectivity index (χ3v) is 5.66. The molecule has 0 bridgehead atoms. The van der Waals surface area contributed by atoms with Gasteiger partial charge in [0.2, 0.25) is 5.91 Å². The zero-order valence-corrected chi connectivity index (χ0v) is 16.2. The van der Waals surface area contributed by atoms with Crippen LogP contribution in [0.5, 0.6) is 5.75 Å². The Labute approximate surface area is 163 Å². The molecular weight excluding hydrogens is 357 g/mol. The van der Waals surface area contributed by atoms with Crippen molar-refractivity contribution < 1.29 is 18.3 Å². The van der Waals surface area contributed by atoms with Crippen molar-refractivity contribution in [1.29, 1.82) is 0 Å². The molecule has 0 aliphatic heterocycles. The van der Waals surface area contributed by atoms with Crippen LogP contribution in [0.3, 0.4) is 0 Å². The number of halogens is 1. The molecule has 0 N–H and O–H groups in total. The number of fused-ring (bicyclic) bond motifs is 2. The number of carbonyl (C=O) groups excluding carboxylic acids is 1. The topological polar surface area (TPSA) is 42.7 Å². The Morgan fingerprint density at radius 1 is 1.29 bits per heavy atom. The summed E-state index contributed by atoms with van der Waals surface area (Å²) in [5.41, 5.74) is 3.35. The number of furan rings is 1. The molecular formula is C23H24FNO3. The zero-order valence-electron chi connectivity index (χ0n) is 16.2. The van der Waals surface area contributed by atoms with E-state index in [1.807, 2.05) is 24.3 Å². The molecule has 28 heavy (non-hydrogen) atoms. The Morgan fingerprint density at radius 2 is 2.14 bits per heavy atom. The number of amides is 1. The number of rotatable bonds is 5. The number of benzene rings is 2. The first-order valence-electron chi connectivity index (χ1n) is 9.62. The molecule has 1 atom stereocenters. The Morgan fingerprint density at radius 3 is 2.96 bits per heavy atom. The Bertz CT molecular complexity index is 1010. The molecule has 0 spiro atoms. The van der Waals surface area contributed by atoms with Gasteiger partial charge in [-0.15, -0.1) is 0 Å². The summed E-state index contributed by atoms with van der Waals surface area (Å²) in [6, 6.07) is 10.9. The van der Waals surface area contributed by atoms with Crippen LogP contribution < -0.4 is 4.74 Å². The van der Waals surface area contributed by atoms with E-state index in [4.69, 9.17) is 9.15 Å². The minimum absolute atomic E-state index is 0.0136. The highest BCUT2D eigenvalue weighted by Crippen LogP contribution is 2.38. The van der Waals surface area contributed by atoms with Gasteiger partial charge >= 0.3 is 0 Å². The quantitative estimate of drug-likeness (QED) is 0.643. The van der Waals surface area contributed by atoms with Crippen molar-refractivity contribution in [3.8, 4) is 5.75 Å². The number of hydrogen-bond donors (Lipinski definition) is 0. The van der Waals surface area contributed by atoms with Crippen LogP contribution in [-0.2, 0) is 17.6 Å². The van der Waals surface area contributed by atoms with Gasteiger partial charge in [0.25, 0.3) is 0 Å². The summed E-state index contributed by atoms with van der Waals surface area (Å²) >= 11 is 0. The molecule has 1 heterocycles. The van der Waals surface area contributed by atoms with Gasteiger partial charge in [0.15, 0.2) is 0 Å². The van der Waals surface area contributed by atoms with Crippen molar-refractivity contribution in [2.45, 2.75) is 31.6 Å². The van der Waals surface area contributed by atoms with Crippen LogP contribution >= 0.6 is 0 Å². The number of hydrogen-bond acceptors (Lipinski definition) is 3. The van der Waals surface area contributed by atoms with E-state index in [9.17, 15) is 9.18 Å². The van der Waals surface area contributed by atoms with Crippen molar-refractivity contribution in [2.75, 3.05) is 20.7 Å². The fourth-order valence-corrected chi connectivity index (χ4v) is 4.21. The van der Waals surface area contributed by atoms with Gasteiger partial charge < -0.3 is 14.1 Å². The molecule has 1 aliphatic rings. The first-order chi connectivity index (χ1) is 13.6. The molecule has 0 unspecified atom stereocenters. The van der Waals surface area contributed by atoms with E-state index in [0.717, 1.165) is 47.1 Å². The lowest BCUT2D eigenvalue weighted by Crippen LogP contribution is -2.33. The van der Waals surface area contributed by atoms with Crippen LogP contribution in [-0.4, -0.2) is 31.5 Å². The summed E-state index contributed by atoms with van der Waals surface area (Å²) in [6.07, 6.45) is 4.59. The van der Waals surface area contributed by atoms with E-state index in [-0.39, 0.29) is 17.6 Å². The fraction of sp³-hybridized carbons (Fsp3) is 0.348. The van der Waals surface area contributed by atoms with Gasteiger partial charge in [0, 0.05) is 30.5 Å². The van der Waals surface area contributed by atoms with Gasteiger partial charge in [0.05, 0.1) is 19.8 Å². The van der Waals surface area contributed by atoms with Crippen molar-refractivity contribution in [3.63, 3.8) is 0 Å². The fourth-order valence-electron chi connectivity index (χ4n) is 4.21. The lowest BCUT2D eigenvalue weighted by atomic mass is 9.81. The molecule has 4 rings (SSSR count). The maximum Gasteiger partial charge on any atom is 0.226 e. The van der Waals surface area contributed by atoms with Crippen molar-refractivity contribution in [3.05, 3.63) is 65.2 Å². The highest BCUT2D eigenvalue weighted by molar-refractivity contribution is 5.82. The van der Waals surface area contributed by atoms with Crippen LogP contribution in [0.15, 0.2) is 47.1 Å². The smallest absolute Gasteiger partial charge is 0.226 e. The van der Waals surface area contributed by atoms with E-state index in [1.54, 1.807) is 31.4 Å². The molecule has 1 aliphatic carbocycles. The average Bonchev–Trinajstić information content (AvgIpc) is 3.16. The molecule has 5 heteroatoms. The van der Waals surface area contributed by atoms with Crippen LogP contribution in [0, 0.1) is 5.82 Å². The lowest BCUT2D eigenvalue weighted by molar-refractivity contribution is -0.129. The molecule has 0 radical (unpaired) electrons. The summed E-state index contributed by atoms with van der Waals surface area (Å²) in [6.45, 7) is 0.499. The molecule has 1 amide bonds. The molecule has 4 nitrogen and oxygen atoms in total. The third kappa shape index (κ3) is 3.49. The summed E-state index contributed by atoms with van der Waals surface area (Å²) in [7, 11) is 3.41. The summed E-state index contributed by atoms with van der Waals surface area (Å²) in [5, 5.41) is 1.02. The van der Waals surface area contributed by atoms with Crippen LogP contribution in [0.4, 0.5) is 4.39 Å². The van der Waals surface area contributed by atoms with Gasteiger partial charge in [-0.25, -0.2) is 4.39 Å². The van der Waals surface area contributed by atoms with E-state index < -0.39 is 0 Å². The van der Waals surface area contributed by atoms with E-state index >= 15 is 0 Å². The number of likely N-dealkylation sites (N-methyl/N-ethyl adjacent to an activating group) is 1. The van der Waals surface area contributed by atoms with E-state index in [1.165, 1.54) is 6.07 Å². The standard InChI is InChI=1S/C23H24FNO3/c1-25(22(26)13-15-6-7-16-10-11-28-21(16)12-15)14-17-4-3-5-18-20(27-2)9-8-19(24)23(17)18/h6-12,17H,3-5,13-14H2,1-2H3/t17-/m0/s1. The van der Waals surface area contributed by atoms with Crippen LogP contribution in [0.1, 0.15) is 35.4 Å². The average molecular weight is 381 g/mol. The predicted molar refractivity (Wildman–Crippen MR) is 106 cm³/mol. The molecule has 0 saturated heterocycles. The number of carbonyl (C=O) groups is 1. The zero-order chi connectivity index (χ0) is 19.7. The maximum absolute atomic E-state index is 14.6. The van der Waals surface area contributed by atoms with Crippen molar-refractivity contribution in [2.24, 2.45) is 0 Å². The molecule has 146 valence electrons. The van der Waals surface area contributed by atoms with Gasteiger partial charge in [0.1, 0.15) is 17.1 Å². The molecule has 1 aromatic heterocycles. The summed E-state index contributed by atoms with van der Waals surface area (Å²) in [5.74, 6) is 0.535. The number of ether oxygens (including phenoxy) is 1. The predicted octanol–water partition coefficient (Wildman–Crippen LogP) is 4.70. The van der Waals surface area contributed by atoms with Crippen molar-refractivity contribution >= 4 is 16.9 Å². The Hall–Kier alpha value is -2.82. The number of nitrogens with zero attached hydrogens (tertiary/aromatic N) is 1. The van der Waals surface area contributed by atoms with Gasteiger partial charge in [-0.2, -0.15) is 0 Å². The number of methoxy groups -OCH3 is 1. The molecule has 2 aromatic carbocycles. The Balaban J connectivity index is 1.49. The second kappa shape index (κ2) is 7.66. The molecule has 0 saturated carbocycles. The highest BCUT2D eigenvalue weighted by atomic mass is 19.1.